The zero-order chi connectivity index (χ0) is 13.4. The first-order valence-corrected chi connectivity index (χ1v) is 6.53. The second kappa shape index (κ2) is 4.78. The third-order valence-electron chi connectivity index (χ3n) is 3.24. The maximum Gasteiger partial charge on any atom is 0.149 e. The summed E-state index contributed by atoms with van der Waals surface area (Å²) in [6.07, 6.45) is 0.926. The summed E-state index contributed by atoms with van der Waals surface area (Å²) >= 11 is 5.93. The Morgan fingerprint density at radius 3 is 2.95 bits per heavy atom. The van der Waals surface area contributed by atoms with Crippen molar-refractivity contribution in [3.8, 4) is 0 Å². The summed E-state index contributed by atoms with van der Waals surface area (Å²) in [4.78, 5) is 10.7. The number of benzene rings is 1. The molecular weight excluding hydrogens is 265 g/mol. The molecule has 98 valence electrons. The Kier molecular flexibility index (Phi) is 3.11. The molecule has 3 rings (SSSR count). The lowest BCUT2D eigenvalue weighted by atomic mass is 10.2. The molecule has 0 radical (unpaired) electrons. The predicted octanol–water partition coefficient (Wildman–Crippen LogP) is 3.14. The number of fused-ring (bicyclic) bond motifs is 1. The van der Waals surface area contributed by atoms with Crippen molar-refractivity contribution in [1.82, 2.24) is 9.97 Å². The largest absolute Gasteiger partial charge is 0.363 e. The third-order valence-corrected chi connectivity index (χ3v) is 3.43. The molecular formula is C14H13ClFN3. The van der Waals surface area contributed by atoms with Crippen LogP contribution in [0.3, 0.4) is 0 Å². The molecule has 1 aliphatic rings. The zero-order valence-corrected chi connectivity index (χ0v) is 11.3. The van der Waals surface area contributed by atoms with Crippen LogP contribution in [0.15, 0.2) is 24.3 Å². The second-order valence-electron chi connectivity index (χ2n) is 4.69. The Balaban J connectivity index is 1.88. The Labute approximate surface area is 116 Å². The molecule has 3 nitrogen and oxygen atoms in total. The number of nitrogens with zero attached hydrogens (tertiary/aromatic N) is 3. The Bertz CT molecular complexity index is 610. The van der Waals surface area contributed by atoms with E-state index < -0.39 is 0 Å². The molecule has 0 spiro atoms. The monoisotopic (exact) mass is 277 g/mol. The van der Waals surface area contributed by atoms with Crippen LogP contribution in [0.4, 0.5) is 10.1 Å². The van der Waals surface area contributed by atoms with E-state index in [1.165, 1.54) is 11.6 Å². The van der Waals surface area contributed by atoms with Crippen LogP contribution in [0.2, 0.25) is 5.15 Å². The van der Waals surface area contributed by atoms with E-state index in [4.69, 9.17) is 11.6 Å². The molecule has 0 bridgehead atoms. The average Bonchev–Trinajstić information content (AvgIpc) is 2.70. The maximum atomic E-state index is 13.3. The fraction of sp³-hybridized carbons (Fsp3) is 0.286. The quantitative estimate of drug-likeness (QED) is 0.790. The van der Waals surface area contributed by atoms with Crippen LogP contribution in [0.25, 0.3) is 0 Å². The first-order valence-electron chi connectivity index (χ1n) is 6.15. The van der Waals surface area contributed by atoms with Crippen molar-refractivity contribution >= 4 is 17.3 Å². The molecule has 0 amide bonds. The van der Waals surface area contributed by atoms with Crippen molar-refractivity contribution in [3.05, 3.63) is 52.3 Å². The molecule has 5 heteroatoms. The van der Waals surface area contributed by atoms with E-state index in [1.807, 2.05) is 13.0 Å². The van der Waals surface area contributed by atoms with Gasteiger partial charge in [-0.25, -0.2) is 14.4 Å². The van der Waals surface area contributed by atoms with Crippen molar-refractivity contribution < 1.29 is 4.39 Å². The van der Waals surface area contributed by atoms with Crippen LogP contribution in [0.1, 0.15) is 17.1 Å². The lowest BCUT2D eigenvalue weighted by Gasteiger charge is -2.18. The molecule has 1 aliphatic heterocycles. The maximum absolute atomic E-state index is 13.3. The minimum atomic E-state index is -0.214. The van der Waals surface area contributed by atoms with Gasteiger partial charge in [0.1, 0.15) is 16.8 Å². The van der Waals surface area contributed by atoms with E-state index in [0.717, 1.165) is 24.3 Å². The molecule has 1 aromatic heterocycles. The number of hydrogen-bond acceptors (Lipinski definition) is 3. The topological polar surface area (TPSA) is 29.0 Å². The standard InChI is InChI=1S/C14H13ClFN3/c1-9-6-13(15)18-14(17-9)8-19-5-4-10-2-3-11(16)7-12(10)19/h2-3,6-7H,4-5,8H2,1H3. The van der Waals surface area contributed by atoms with Crippen LogP contribution >= 0.6 is 11.6 Å². The van der Waals surface area contributed by atoms with Gasteiger partial charge in [0.2, 0.25) is 0 Å². The van der Waals surface area contributed by atoms with Crippen molar-refractivity contribution in [2.45, 2.75) is 19.9 Å². The highest BCUT2D eigenvalue weighted by atomic mass is 35.5. The van der Waals surface area contributed by atoms with Crippen molar-refractivity contribution in [3.63, 3.8) is 0 Å². The highest BCUT2D eigenvalue weighted by Crippen LogP contribution is 2.29. The van der Waals surface area contributed by atoms with Gasteiger partial charge >= 0.3 is 0 Å². The van der Waals surface area contributed by atoms with Gasteiger partial charge in [0.25, 0.3) is 0 Å². The summed E-state index contributed by atoms with van der Waals surface area (Å²) in [5.41, 5.74) is 2.94. The van der Waals surface area contributed by atoms with Gasteiger partial charge in [-0.15, -0.1) is 0 Å². The van der Waals surface area contributed by atoms with Crippen molar-refractivity contribution in [2.75, 3.05) is 11.4 Å². The van der Waals surface area contributed by atoms with E-state index >= 15 is 0 Å². The van der Waals surface area contributed by atoms with E-state index in [1.54, 1.807) is 12.1 Å². The zero-order valence-electron chi connectivity index (χ0n) is 10.5. The van der Waals surface area contributed by atoms with Crippen LogP contribution in [-0.2, 0) is 13.0 Å². The Hall–Kier alpha value is -1.68. The number of rotatable bonds is 2. The minimum absolute atomic E-state index is 0.214. The highest BCUT2D eigenvalue weighted by molar-refractivity contribution is 6.29. The molecule has 0 aliphatic carbocycles. The van der Waals surface area contributed by atoms with Gasteiger partial charge in [-0.05, 0) is 37.1 Å². The molecule has 2 aromatic rings. The smallest absolute Gasteiger partial charge is 0.149 e. The summed E-state index contributed by atoms with van der Waals surface area (Å²) < 4.78 is 13.3. The minimum Gasteiger partial charge on any atom is -0.363 e. The third kappa shape index (κ3) is 2.54. The summed E-state index contributed by atoms with van der Waals surface area (Å²) in [5.74, 6) is 0.455. The van der Waals surface area contributed by atoms with Crippen molar-refractivity contribution in [1.29, 1.82) is 0 Å². The summed E-state index contributed by atoms with van der Waals surface area (Å²) in [6.45, 7) is 3.29. The Morgan fingerprint density at radius 2 is 2.16 bits per heavy atom. The number of hydrogen-bond donors (Lipinski definition) is 0. The van der Waals surface area contributed by atoms with Gasteiger partial charge in [0.15, 0.2) is 0 Å². The van der Waals surface area contributed by atoms with Gasteiger partial charge < -0.3 is 4.90 Å². The van der Waals surface area contributed by atoms with E-state index in [-0.39, 0.29) is 5.82 Å². The second-order valence-corrected chi connectivity index (χ2v) is 5.08. The van der Waals surface area contributed by atoms with Gasteiger partial charge in [0.05, 0.1) is 6.54 Å². The van der Waals surface area contributed by atoms with Crippen LogP contribution < -0.4 is 4.90 Å². The molecule has 0 N–H and O–H groups in total. The first-order chi connectivity index (χ1) is 9.11. The SMILES string of the molecule is Cc1cc(Cl)nc(CN2CCc3ccc(F)cc32)n1. The molecule has 1 aromatic carbocycles. The molecule has 0 atom stereocenters. The molecule has 0 fully saturated rings. The number of aromatic nitrogens is 2. The van der Waals surface area contributed by atoms with E-state index in [9.17, 15) is 4.39 Å². The average molecular weight is 278 g/mol. The van der Waals surface area contributed by atoms with E-state index in [0.29, 0.717) is 17.5 Å². The molecule has 19 heavy (non-hydrogen) atoms. The van der Waals surface area contributed by atoms with Gasteiger partial charge in [-0.3, -0.25) is 0 Å². The molecule has 0 saturated carbocycles. The lowest BCUT2D eigenvalue weighted by Crippen LogP contribution is -2.21. The summed E-state index contributed by atoms with van der Waals surface area (Å²) in [6, 6.07) is 6.64. The normalized spacial score (nSPS) is 13.7. The lowest BCUT2D eigenvalue weighted by molar-refractivity contribution is 0.627. The fourth-order valence-corrected chi connectivity index (χ4v) is 2.67. The van der Waals surface area contributed by atoms with Crippen LogP contribution in [-0.4, -0.2) is 16.5 Å². The molecule has 0 saturated heterocycles. The Morgan fingerprint density at radius 1 is 1.32 bits per heavy atom. The summed E-state index contributed by atoms with van der Waals surface area (Å²) in [7, 11) is 0. The fourth-order valence-electron chi connectivity index (χ4n) is 2.41. The number of aryl methyl sites for hydroxylation is 1. The number of halogens is 2. The molecule has 2 heterocycles. The van der Waals surface area contributed by atoms with E-state index in [2.05, 4.69) is 14.9 Å². The number of anilines is 1. The van der Waals surface area contributed by atoms with Crippen LogP contribution in [0.5, 0.6) is 0 Å². The highest BCUT2D eigenvalue weighted by Gasteiger charge is 2.20. The van der Waals surface area contributed by atoms with Gasteiger partial charge in [-0.1, -0.05) is 17.7 Å². The van der Waals surface area contributed by atoms with Gasteiger partial charge in [-0.2, -0.15) is 0 Å². The van der Waals surface area contributed by atoms with Gasteiger partial charge in [0, 0.05) is 17.9 Å². The first kappa shape index (κ1) is 12.4. The van der Waals surface area contributed by atoms with Crippen molar-refractivity contribution in [2.24, 2.45) is 0 Å². The predicted molar refractivity (Wildman–Crippen MR) is 72.9 cm³/mol. The van der Waals surface area contributed by atoms with Crippen LogP contribution in [0, 0.1) is 12.7 Å². The summed E-state index contributed by atoms with van der Waals surface area (Å²) in [5, 5.41) is 0.446. The molecule has 0 unspecified atom stereocenters.